The Balaban J connectivity index is 2.86. The fourth-order valence-corrected chi connectivity index (χ4v) is 1.86. The van der Waals surface area contributed by atoms with Crippen molar-refractivity contribution >= 4 is 40.2 Å². The third-order valence-corrected chi connectivity index (χ3v) is 2.63. The Kier molecular flexibility index (Phi) is 3.28. The second-order valence-corrected chi connectivity index (χ2v) is 4.39. The van der Waals surface area contributed by atoms with Crippen LogP contribution in [0.5, 0.6) is 0 Å². The van der Waals surface area contributed by atoms with Gasteiger partial charge in [-0.25, -0.2) is 4.98 Å². The van der Waals surface area contributed by atoms with E-state index in [4.69, 9.17) is 5.73 Å². The van der Waals surface area contributed by atoms with Gasteiger partial charge in [-0.1, -0.05) is 0 Å². The highest BCUT2D eigenvalue weighted by atomic mass is 127. The first-order valence-electron chi connectivity index (χ1n) is 3.05. The number of thioether (sulfide) groups is 1. The van der Waals surface area contributed by atoms with Crippen molar-refractivity contribution in [1.82, 2.24) is 4.98 Å². The van der Waals surface area contributed by atoms with Gasteiger partial charge in [0.05, 0.1) is 3.57 Å². The molecule has 0 aliphatic heterocycles. The molecule has 13 heavy (non-hydrogen) atoms. The highest BCUT2D eigenvalue weighted by Gasteiger charge is 2.29. The molecule has 1 aromatic rings. The zero-order valence-electron chi connectivity index (χ0n) is 6.10. The zero-order chi connectivity index (χ0) is 10.1. The molecule has 0 aliphatic carbocycles. The summed E-state index contributed by atoms with van der Waals surface area (Å²) in [5.74, 6) is 0.243. The molecule has 0 spiro atoms. The van der Waals surface area contributed by atoms with Crippen LogP contribution in [0, 0.1) is 3.57 Å². The van der Waals surface area contributed by atoms with E-state index in [0.717, 1.165) is 6.20 Å². The van der Waals surface area contributed by atoms with Crippen LogP contribution in [-0.2, 0) is 0 Å². The first kappa shape index (κ1) is 10.9. The fraction of sp³-hybridized carbons (Fsp3) is 0.167. The first-order chi connectivity index (χ1) is 5.88. The molecule has 72 valence electrons. The number of aromatic nitrogens is 1. The van der Waals surface area contributed by atoms with E-state index >= 15 is 0 Å². The number of anilines is 1. The summed E-state index contributed by atoms with van der Waals surface area (Å²) in [7, 11) is 0. The Morgan fingerprint density at radius 2 is 2.08 bits per heavy atom. The Morgan fingerprint density at radius 3 is 2.54 bits per heavy atom. The lowest BCUT2D eigenvalue weighted by Gasteiger charge is -2.05. The zero-order valence-corrected chi connectivity index (χ0v) is 9.07. The van der Waals surface area contributed by atoms with Crippen molar-refractivity contribution in [3.63, 3.8) is 0 Å². The van der Waals surface area contributed by atoms with E-state index in [1.807, 2.05) is 22.6 Å². The molecule has 0 aliphatic rings. The molecule has 0 bridgehead atoms. The second kappa shape index (κ2) is 3.91. The maximum atomic E-state index is 11.9. The number of rotatable bonds is 1. The van der Waals surface area contributed by atoms with Crippen LogP contribution in [0.25, 0.3) is 0 Å². The molecule has 2 nitrogen and oxygen atoms in total. The maximum absolute atomic E-state index is 11.9. The van der Waals surface area contributed by atoms with Crippen molar-refractivity contribution in [3.05, 3.63) is 15.8 Å². The predicted molar refractivity (Wildman–Crippen MR) is 53.3 cm³/mol. The van der Waals surface area contributed by atoms with Crippen LogP contribution >= 0.6 is 34.4 Å². The average Bonchev–Trinajstić information content (AvgIpc) is 1.94. The van der Waals surface area contributed by atoms with Crippen molar-refractivity contribution in [3.8, 4) is 0 Å². The number of hydrogen-bond acceptors (Lipinski definition) is 3. The van der Waals surface area contributed by atoms with Gasteiger partial charge in [-0.05, 0) is 40.4 Å². The summed E-state index contributed by atoms with van der Waals surface area (Å²) in [4.78, 5) is 3.66. The molecule has 0 saturated heterocycles. The first-order valence-corrected chi connectivity index (χ1v) is 4.95. The molecule has 0 fully saturated rings. The van der Waals surface area contributed by atoms with Crippen LogP contribution in [0.2, 0.25) is 0 Å². The van der Waals surface area contributed by atoms with Crippen LogP contribution in [0.3, 0.4) is 0 Å². The van der Waals surface area contributed by atoms with E-state index in [1.54, 1.807) is 0 Å². The van der Waals surface area contributed by atoms with E-state index in [2.05, 4.69) is 4.98 Å². The molecule has 0 aromatic carbocycles. The van der Waals surface area contributed by atoms with Crippen molar-refractivity contribution in [2.45, 2.75) is 10.4 Å². The SMILES string of the molecule is Nc1ncc(SC(F)(F)F)cc1I. The van der Waals surface area contributed by atoms with Gasteiger partial charge in [-0.3, -0.25) is 0 Å². The smallest absolute Gasteiger partial charge is 0.383 e. The number of pyridine rings is 1. The minimum absolute atomic E-state index is 0.0473. The molecule has 0 saturated carbocycles. The summed E-state index contributed by atoms with van der Waals surface area (Å²) < 4.78 is 36.1. The lowest BCUT2D eigenvalue weighted by atomic mass is 10.5. The summed E-state index contributed by atoms with van der Waals surface area (Å²) in [5.41, 5.74) is 1.07. The monoisotopic (exact) mass is 320 g/mol. The standard InChI is InChI=1S/C6H4F3IN2S/c7-6(8,9)13-3-1-4(10)5(11)12-2-3/h1-2H,(H2,11,12). The number of nitrogens with two attached hydrogens (primary N) is 1. The number of halogens is 4. The minimum atomic E-state index is -4.28. The fourth-order valence-electron chi connectivity index (χ4n) is 0.620. The molecule has 2 N–H and O–H groups in total. The van der Waals surface area contributed by atoms with Gasteiger partial charge in [0, 0.05) is 11.1 Å². The number of alkyl halides is 3. The normalized spacial score (nSPS) is 11.7. The topological polar surface area (TPSA) is 38.9 Å². The highest BCUT2D eigenvalue weighted by Crippen LogP contribution is 2.37. The van der Waals surface area contributed by atoms with Gasteiger partial charge in [0.1, 0.15) is 5.82 Å². The summed E-state index contributed by atoms with van der Waals surface area (Å²) in [6, 6.07) is 1.35. The van der Waals surface area contributed by atoms with E-state index in [0.29, 0.717) is 3.57 Å². The number of nitrogen functional groups attached to an aromatic ring is 1. The lowest BCUT2D eigenvalue weighted by molar-refractivity contribution is -0.0328. The van der Waals surface area contributed by atoms with Gasteiger partial charge < -0.3 is 5.73 Å². The van der Waals surface area contributed by atoms with E-state index in [1.165, 1.54) is 6.07 Å². The number of nitrogens with zero attached hydrogens (tertiary/aromatic N) is 1. The lowest BCUT2D eigenvalue weighted by Crippen LogP contribution is -2.00. The molecular weight excluding hydrogens is 316 g/mol. The summed E-state index contributed by atoms with van der Waals surface area (Å²) >= 11 is 1.63. The Bertz CT molecular complexity index is 315. The molecule has 1 rings (SSSR count). The third-order valence-electron chi connectivity index (χ3n) is 1.08. The van der Waals surface area contributed by atoms with Gasteiger partial charge in [-0.15, -0.1) is 0 Å². The van der Waals surface area contributed by atoms with E-state index < -0.39 is 5.51 Å². The van der Waals surface area contributed by atoms with Crippen molar-refractivity contribution in [1.29, 1.82) is 0 Å². The van der Waals surface area contributed by atoms with Crippen LogP contribution in [-0.4, -0.2) is 10.5 Å². The van der Waals surface area contributed by atoms with Crippen LogP contribution in [0.15, 0.2) is 17.2 Å². The van der Waals surface area contributed by atoms with Gasteiger partial charge in [0.2, 0.25) is 0 Å². The molecule has 1 heterocycles. The Labute approximate surface area is 90.2 Å². The van der Waals surface area contributed by atoms with E-state index in [-0.39, 0.29) is 22.5 Å². The molecule has 0 unspecified atom stereocenters. The Hall–Kier alpha value is -0.180. The van der Waals surface area contributed by atoms with Gasteiger partial charge in [-0.2, -0.15) is 13.2 Å². The number of hydrogen-bond donors (Lipinski definition) is 1. The summed E-state index contributed by atoms with van der Waals surface area (Å²) in [5, 5.41) is 0. The van der Waals surface area contributed by atoms with Crippen molar-refractivity contribution in [2.75, 3.05) is 5.73 Å². The maximum Gasteiger partial charge on any atom is 0.446 e. The van der Waals surface area contributed by atoms with Crippen LogP contribution in [0.1, 0.15) is 0 Å². The van der Waals surface area contributed by atoms with Crippen LogP contribution in [0.4, 0.5) is 19.0 Å². The molecule has 7 heteroatoms. The van der Waals surface area contributed by atoms with Crippen molar-refractivity contribution < 1.29 is 13.2 Å². The summed E-state index contributed by atoms with van der Waals surface area (Å²) in [6.07, 6.45) is 1.11. The van der Waals surface area contributed by atoms with Crippen LogP contribution < -0.4 is 5.73 Å². The average molecular weight is 320 g/mol. The predicted octanol–water partition coefficient (Wildman–Crippen LogP) is 2.88. The molecular formula is C6H4F3IN2S. The van der Waals surface area contributed by atoms with Gasteiger partial charge >= 0.3 is 5.51 Å². The summed E-state index contributed by atoms with van der Waals surface area (Å²) in [6.45, 7) is 0. The van der Waals surface area contributed by atoms with Gasteiger partial charge in [0.25, 0.3) is 0 Å². The molecule has 0 atom stereocenters. The molecule has 1 aromatic heterocycles. The molecule has 0 amide bonds. The third kappa shape index (κ3) is 3.59. The minimum Gasteiger partial charge on any atom is -0.383 e. The largest absolute Gasteiger partial charge is 0.446 e. The van der Waals surface area contributed by atoms with Gasteiger partial charge in [0.15, 0.2) is 0 Å². The quantitative estimate of drug-likeness (QED) is 0.639. The Morgan fingerprint density at radius 1 is 1.46 bits per heavy atom. The van der Waals surface area contributed by atoms with Crippen molar-refractivity contribution in [2.24, 2.45) is 0 Å². The molecule has 0 radical (unpaired) electrons. The van der Waals surface area contributed by atoms with E-state index in [9.17, 15) is 13.2 Å². The second-order valence-electron chi connectivity index (χ2n) is 2.09. The highest BCUT2D eigenvalue weighted by molar-refractivity contribution is 14.1.